The fourth-order valence-electron chi connectivity index (χ4n) is 2.96. The van der Waals surface area contributed by atoms with Crippen molar-refractivity contribution in [3.63, 3.8) is 0 Å². The standard InChI is InChI=1S/C23H23BrN2O4S2/c1-3-30-20-9-7-19(8-10-20)26(16-23(27)25-18-6-4-5-17(24)15-18)32(28,29)22-13-11-21(31-2)12-14-22/h4-15H,3,16H2,1-2H3,(H,25,27). The van der Waals surface area contributed by atoms with Crippen LogP contribution in [-0.2, 0) is 14.8 Å². The SMILES string of the molecule is CCOc1ccc(N(CC(=O)Nc2cccc(Br)c2)S(=O)(=O)c2ccc(SC)cc2)cc1. The normalized spacial score (nSPS) is 11.1. The first-order valence-corrected chi connectivity index (χ1v) is 13.2. The maximum absolute atomic E-state index is 13.5. The van der Waals surface area contributed by atoms with Gasteiger partial charge in [0.25, 0.3) is 10.0 Å². The van der Waals surface area contributed by atoms with E-state index in [-0.39, 0.29) is 11.4 Å². The van der Waals surface area contributed by atoms with E-state index in [0.29, 0.717) is 23.7 Å². The monoisotopic (exact) mass is 534 g/mol. The molecule has 0 aliphatic heterocycles. The predicted octanol–water partition coefficient (Wildman–Crippen LogP) is 5.40. The third-order valence-electron chi connectivity index (χ3n) is 4.48. The average Bonchev–Trinajstić information content (AvgIpc) is 2.78. The molecule has 0 bridgehead atoms. The number of hydrogen-bond donors (Lipinski definition) is 1. The second-order valence-electron chi connectivity index (χ2n) is 6.67. The minimum Gasteiger partial charge on any atom is -0.494 e. The topological polar surface area (TPSA) is 75.7 Å². The number of benzene rings is 3. The van der Waals surface area contributed by atoms with Crippen molar-refractivity contribution in [2.45, 2.75) is 16.7 Å². The molecule has 1 N–H and O–H groups in total. The quantitative estimate of drug-likeness (QED) is 0.371. The van der Waals surface area contributed by atoms with Gasteiger partial charge >= 0.3 is 0 Å². The molecule has 32 heavy (non-hydrogen) atoms. The summed E-state index contributed by atoms with van der Waals surface area (Å²) in [4.78, 5) is 13.9. The van der Waals surface area contributed by atoms with E-state index in [0.717, 1.165) is 13.7 Å². The van der Waals surface area contributed by atoms with Gasteiger partial charge in [-0.05, 0) is 79.9 Å². The summed E-state index contributed by atoms with van der Waals surface area (Å²) in [6, 6.07) is 20.3. The Morgan fingerprint density at radius 2 is 1.75 bits per heavy atom. The number of nitrogens with zero attached hydrogens (tertiary/aromatic N) is 1. The van der Waals surface area contributed by atoms with Gasteiger partial charge in [-0.15, -0.1) is 11.8 Å². The highest BCUT2D eigenvalue weighted by molar-refractivity contribution is 9.10. The third-order valence-corrected chi connectivity index (χ3v) is 7.50. The Morgan fingerprint density at radius 3 is 2.34 bits per heavy atom. The van der Waals surface area contributed by atoms with Crippen LogP contribution in [0.2, 0.25) is 0 Å². The van der Waals surface area contributed by atoms with Crippen LogP contribution in [-0.4, -0.2) is 33.7 Å². The van der Waals surface area contributed by atoms with Crippen molar-refractivity contribution in [3.05, 3.63) is 77.3 Å². The Balaban J connectivity index is 1.93. The van der Waals surface area contributed by atoms with Gasteiger partial charge in [-0.2, -0.15) is 0 Å². The van der Waals surface area contributed by atoms with Gasteiger partial charge in [-0.1, -0.05) is 22.0 Å². The van der Waals surface area contributed by atoms with Crippen LogP contribution in [0.4, 0.5) is 11.4 Å². The number of carbonyl (C=O) groups excluding carboxylic acids is 1. The summed E-state index contributed by atoms with van der Waals surface area (Å²) < 4.78 is 34.3. The lowest BCUT2D eigenvalue weighted by molar-refractivity contribution is -0.114. The first-order valence-electron chi connectivity index (χ1n) is 9.78. The molecular weight excluding hydrogens is 512 g/mol. The molecule has 0 aromatic heterocycles. The summed E-state index contributed by atoms with van der Waals surface area (Å²) in [6.07, 6.45) is 1.92. The fraction of sp³-hybridized carbons (Fsp3) is 0.174. The van der Waals surface area contributed by atoms with Gasteiger partial charge in [-0.25, -0.2) is 8.42 Å². The fourth-order valence-corrected chi connectivity index (χ4v) is 5.19. The Morgan fingerprint density at radius 1 is 1.06 bits per heavy atom. The molecule has 0 saturated carbocycles. The molecule has 1 amide bonds. The van der Waals surface area contributed by atoms with E-state index in [9.17, 15) is 13.2 Å². The number of carbonyl (C=O) groups is 1. The number of hydrogen-bond acceptors (Lipinski definition) is 5. The van der Waals surface area contributed by atoms with E-state index >= 15 is 0 Å². The molecule has 0 unspecified atom stereocenters. The van der Waals surface area contributed by atoms with Crippen molar-refractivity contribution in [3.8, 4) is 5.75 Å². The number of ether oxygens (including phenoxy) is 1. The van der Waals surface area contributed by atoms with Crippen LogP contribution in [0.3, 0.4) is 0 Å². The molecule has 0 heterocycles. The van der Waals surface area contributed by atoms with Gasteiger partial charge in [0, 0.05) is 15.1 Å². The van der Waals surface area contributed by atoms with Crippen molar-refractivity contribution in [2.75, 3.05) is 29.0 Å². The molecule has 0 radical (unpaired) electrons. The number of halogens is 1. The molecule has 0 aliphatic rings. The molecule has 0 spiro atoms. The molecule has 9 heteroatoms. The van der Waals surface area contributed by atoms with Gasteiger partial charge in [-0.3, -0.25) is 9.10 Å². The van der Waals surface area contributed by atoms with Gasteiger partial charge in [0.1, 0.15) is 12.3 Å². The predicted molar refractivity (Wildman–Crippen MR) is 133 cm³/mol. The summed E-state index contributed by atoms with van der Waals surface area (Å²) in [5, 5.41) is 2.75. The maximum Gasteiger partial charge on any atom is 0.264 e. The van der Waals surface area contributed by atoms with E-state index < -0.39 is 15.9 Å². The molecule has 0 atom stereocenters. The lowest BCUT2D eigenvalue weighted by Crippen LogP contribution is -2.38. The summed E-state index contributed by atoms with van der Waals surface area (Å²) in [5.74, 6) is 0.165. The number of amides is 1. The number of thioether (sulfide) groups is 1. The number of rotatable bonds is 9. The zero-order valence-electron chi connectivity index (χ0n) is 17.6. The van der Waals surface area contributed by atoms with Crippen molar-refractivity contribution in [1.82, 2.24) is 0 Å². The van der Waals surface area contributed by atoms with Gasteiger partial charge in [0.15, 0.2) is 0 Å². The highest BCUT2D eigenvalue weighted by atomic mass is 79.9. The van der Waals surface area contributed by atoms with Crippen LogP contribution < -0.4 is 14.4 Å². The van der Waals surface area contributed by atoms with Crippen molar-refractivity contribution in [2.24, 2.45) is 0 Å². The summed E-state index contributed by atoms with van der Waals surface area (Å²) in [7, 11) is -3.99. The van der Waals surface area contributed by atoms with Gasteiger partial charge in [0.2, 0.25) is 5.91 Å². The van der Waals surface area contributed by atoms with E-state index in [1.165, 1.54) is 11.8 Å². The van der Waals surface area contributed by atoms with Crippen molar-refractivity contribution < 1.29 is 17.9 Å². The minimum atomic E-state index is -3.99. The lowest BCUT2D eigenvalue weighted by Gasteiger charge is -2.24. The smallest absolute Gasteiger partial charge is 0.264 e. The third kappa shape index (κ3) is 6.05. The Labute approximate surface area is 201 Å². The van der Waals surface area contributed by atoms with E-state index in [4.69, 9.17) is 4.74 Å². The van der Waals surface area contributed by atoms with Gasteiger partial charge in [0.05, 0.1) is 17.2 Å². The number of anilines is 2. The Bertz CT molecular complexity index is 1170. The van der Waals surface area contributed by atoms with Crippen LogP contribution in [0.15, 0.2) is 87.1 Å². The molecule has 0 saturated heterocycles. The van der Waals surface area contributed by atoms with E-state index in [1.807, 2.05) is 19.2 Å². The molecule has 3 aromatic rings. The first kappa shape index (κ1) is 24.2. The lowest BCUT2D eigenvalue weighted by atomic mass is 10.3. The summed E-state index contributed by atoms with van der Waals surface area (Å²) in [6.45, 7) is 1.99. The molecule has 168 valence electrons. The molecule has 6 nitrogen and oxygen atoms in total. The molecular formula is C23H23BrN2O4S2. The van der Waals surface area contributed by atoms with Crippen molar-refractivity contribution in [1.29, 1.82) is 0 Å². The zero-order valence-corrected chi connectivity index (χ0v) is 20.8. The minimum absolute atomic E-state index is 0.111. The van der Waals surface area contributed by atoms with Crippen LogP contribution in [0.1, 0.15) is 6.92 Å². The molecule has 0 fully saturated rings. The first-order chi connectivity index (χ1) is 15.3. The Hall–Kier alpha value is -2.49. The second kappa shape index (κ2) is 10.9. The van der Waals surface area contributed by atoms with Crippen LogP contribution in [0.5, 0.6) is 5.75 Å². The van der Waals surface area contributed by atoms with E-state index in [2.05, 4.69) is 21.2 Å². The van der Waals surface area contributed by atoms with E-state index in [1.54, 1.807) is 66.7 Å². The Kier molecular flexibility index (Phi) is 8.22. The second-order valence-corrected chi connectivity index (χ2v) is 10.3. The van der Waals surface area contributed by atoms with Crippen LogP contribution >= 0.6 is 27.7 Å². The summed E-state index contributed by atoms with van der Waals surface area (Å²) >= 11 is 4.88. The van der Waals surface area contributed by atoms with Crippen LogP contribution in [0.25, 0.3) is 0 Å². The molecule has 3 aromatic carbocycles. The highest BCUT2D eigenvalue weighted by Gasteiger charge is 2.27. The number of nitrogens with one attached hydrogen (secondary N) is 1. The maximum atomic E-state index is 13.5. The molecule has 3 rings (SSSR count). The van der Waals surface area contributed by atoms with Gasteiger partial charge < -0.3 is 10.1 Å². The van der Waals surface area contributed by atoms with Crippen LogP contribution in [0, 0.1) is 0 Å². The van der Waals surface area contributed by atoms with Crippen molar-refractivity contribution >= 4 is 55.0 Å². The molecule has 0 aliphatic carbocycles. The largest absolute Gasteiger partial charge is 0.494 e. The summed E-state index contributed by atoms with van der Waals surface area (Å²) in [5.41, 5.74) is 0.935. The zero-order chi connectivity index (χ0) is 23.1. The number of sulfonamides is 1. The average molecular weight is 535 g/mol. The highest BCUT2D eigenvalue weighted by Crippen LogP contribution is 2.27.